The molecule has 1 amide bonds. The van der Waals surface area contributed by atoms with Crippen LogP contribution >= 0.6 is 0 Å². The van der Waals surface area contributed by atoms with Crippen LogP contribution < -0.4 is 0 Å². The van der Waals surface area contributed by atoms with E-state index in [9.17, 15) is 4.79 Å². The highest BCUT2D eigenvalue weighted by Gasteiger charge is 2.31. The number of nitrogens with one attached hydrogen (secondary N) is 1. The van der Waals surface area contributed by atoms with Crippen molar-refractivity contribution in [3.05, 3.63) is 34.0 Å². The number of amides is 1. The molecule has 2 aliphatic rings. The Labute approximate surface area is 135 Å². The normalized spacial score (nSPS) is 17.3. The average molecular weight is 314 g/mol. The highest BCUT2D eigenvalue weighted by atomic mass is 16.5. The third-order valence-electron chi connectivity index (χ3n) is 4.95. The van der Waals surface area contributed by atoms with E-state index >= 15 is 0 Å². The van der Waals surface area contributed by atoms with Crippen LogP contribution in [0, 0.1) is 0 Å². The van der Waals surface area contributed by atoms with Crippen LogP contribution in [0.25, 0.3) is 0 Å². The molecule has 0 saturated carbocycles. The summed E-state index contributed by atoms with van der Waals surface area (Å²) >= 11 is 0. The fourth-order valence-electron chi connectivity index (χ4n) is 3.67. The second-order valence-corrected chi connectivity index (χ2v) is 6.84. The molecule has 0 aromatic carbocycles. The third kappa shape index (κ3) is 2.36. The van der Waals surface area contributed by atoms with Gasteiger partial charge in [-0.25, -0.2) is 0 Å². The molecule has 0 radical (unpaired) electrons. The maximum atomic E-state index is 12.9. The summed E-state index contributed by atoms with van der Waals surface area (Å²) in [4.78, 5) is 14.8. The molecular formula is C17H22N4O2. The van der Waals surface area contributed by atoms with Crippen LogP contribution in [0.2, 0.25) is 0 Å². The number of aryl methyl sites for hydroxylation is 1. The van der Waals surface area contributed by atoms with E-state index in [0.717, 1.165) is 54.7 Å². The molecule has 0 fully saturated rings. The first-order chi connectivity index (χ1) is 11.1. The monoisotopic (exact) mass is 314 g/mol. The minimum atomic E-state index is -0.0257. The van der Waals surface area contributed by atoms with Crippen molar-refractivity contribution in [2.24, 2.45) is 0 Å². The van der Waals surface area contributed by atoms with E-state index in [1.807, 2.05) is 4.90 Å². The van der Waals surface area contributed by atoms with Gasteiger partial charge in [0.2, 0.25) is 5.76 Å². The molecule has 3 heterocycles. The van der Waals surface area contributed by atoms with Crippen LogP contribution in [0.3, 0.4) is 0 Å². The molecule has 0 bridgehead atoms. The quantitative estimate of drug-likeness (QED) is 0.924. The van der Waals surface area contributed by atoms with E-state index in [4.69, 9.17) is 4.52 Å². The van der Waals surface area contributed by atoms with Crippen LogP contribution in [-0.2, 0) is 25.8 Å². The number of fused-ring (bicyclic) bond motifs is 2. The standard InChI is InChI=1S/C17H22N4O2/c1-10(2)15-12-9-21(8-7-13(12)18-19-15)17(22)16-11-5-3-4-6-14(11)20-23-16/h10H,3-9H2,1-2H3,(H,18,19). The van der Waals surface area contributed by atoms with Crippen molar-refractivity contribution in [2.75, 3.05) is 6.54 Å². The zero-order chi connectivity index (χ0) is 16.0. The number of hydrogen-bond acceptors (Lipinski definition) is 4. The van der Waals surface area contributed by atoms with Crippen LogP contribution in [0.5, 0.6) is 0 Å². The lowest BCUT2D eigenvalue weighted by atomic mass is 9.95. The van der Waals surface area contributed by atoms with Gasteiger partial charge in [-0.15, -0.1) is 0 Å². The summed E-state index contributed by atoms with van der Waals surface area (Å²) in [6, 6.07) is 0. The number of nitrogens with zero attached hydrogens (tertiary/aromatic N) is 3. The van der Waals surface area contributed by atoms with Crippen LogP contribution in [0.1, 0.15) is 71.4 Å². The minimum Gasteiger partial charge on any atom is -0.350 e. The summed E-state index contributed by atoms with van der Waals surface area (Å²) in [6.07, 6.45) is 4.89. The lowest BCUT2D eigenvalue weighted by molar-refractivity contribution is 0.0690. The van der Waals surface area contributed by atoms with Crippen molar-refractivity contribution in [3.8, 4) is 0 Å². The second kappa shape index (κ2) is 5.51. The number of carbonyl (C=O) groups excluding carboxylic acids is 1. The molecule has 122 valence electrons. The summed E-state index contributed by atoms with van der Waals surface area (Å²) in [5.41, 5.74) is 5.41. The van der Waals surface area contributed by atoms with E-state index in [0.29, 0.717) is 24.8 Å². The molecule has 6 heteroatoms. The topological polar surface area (TPSA) is 75.0 Å². The maximum Gasteiger partial charge on any atom is 0.293 e. The highest BCUT2D eigenvalue weighted by Crippen LogP contribution is 2.29. The SMILES string of the molecule is CC(C)c1n[nH]c2c1CN(C(=O)c1onc3c1CCCC3)CC2. The van der Waals surface area contributed by atoms with Crippen molar-refractivity contribution in [2.45, 2.75) is 58.4 Å². The molecule has 1 aliphatic heterocycles. The number of aromatic nitrogens is 3. The van der Waals surface area contributed by atoms with Gasteiger partial charge in [0, 0.05) is 36.3 Å². The Morgan fingerprint density at radius 2 is 2.04 bits per heavy atom. The van der Waals surface area contributed by atoms with E-state index in [2.05, 4.69) is 29.2 Å². The summed E-state index contributed by atoms with van der Waals surface area (Å²) in [7, 11) is 0. The smallest absolute Gasteiger partial charge is 0.293 e. The first-order valence-electron chi connectivity index (χ1n) is 8.48. The molecular weight excluding hydrogens is 292 g/mol. The molecule has 1 aliphatic carbocycles. The first-order valence-corrected chi connectivity index (χ1v) is 8.48. The fourth-order valence-corrected chi connectivity index (χ4v) is 3.67. The molecule has 2 aromatic heterocycles. The van der Waals surface area contributed by atoms with Crippen molar-refractivity contribution < 1.29 is 9.32 Å². The number of carbonyl (C=O) groups is 1. The Morgan fingerprint density at radius 3 is 2.87 bits per heavy atom. The van der Waals surface area contributed by atoms with Gasteiger partial charge >= 0.3 is 0 Å². The van der Waals surface area contributed by atoms with Gasteiger partial charge in [0.05, 0.1) is 11.4 Å². The average Bonchev–Trinajstić information content (AvgIpc) is 3.17. The Hall–Kier alpha value is -2.11. The molecule has 0 atom stereocenters. The summed E-state index contributed by atoms with van der Waals surface area (Å²) in [5.74, 6) is 0.781. The zero-order valence-corrected chi connectivity index (χ0v) is 13.7. The van der Waals surface area contributed by atoms with E-state index < -0.39 is 0 Å². The predicted molar refractivity (Wildman–Crippen MR) is 84.3 cm³/mol. The van der Waals surface area contributed by atoms with Crippen LogP contribution in [0.15, 0.2) is 4.52 Å². The number of hydrogen-bond donors (Lipinski definition) is 1. The maximum absolute atomic E-state index is 12.9. The molecule has 6 nitrogen and oxygen atoms in total. The Kier molecular flexibility index (Phi) is 3.47. The number of aromatic amines is 1. The van der Waals surface area contributed by atoms with Gasteiger partial charge in [-0.2, -0.15) is 5.10 Å². The van der Waals surface area contributed by atoms with Crippen molar-refractivity contribution in [1.82, 2.24) is 20.3 Å². The van der Waals surface area contributed by atoms with Gasteiger partial charge in [0.15, 0.2) is 0 Å². The van der Waals surface area contributed by atoms with Gasteiger partial charge < -0.3 is 9.42 Å². The van der Waals surface area contributed by atoms with Crippen molar-refractivity contribution in [3.63, 3.8) is 0 Å². The number of rotatable bonds is 2. The lowest BCUT2D eigenvalue weighted by Crippen LogP contribution is -2.36. The van der Waals surface area contributed by atoms with Gasteiger partial charge in [0.25, 0.3) is 5.91 Å². The summed E-state index contributed by atoms with van der Waals surface area (Å²) < 4.78 is 5.42. The summed E-state index contributed by atoms with van der Waals surface area (Å²) in [5, 5.41) is 11.7. The third-order valence-corrected chi connectivity index (χ3v) is 4.95. The predicted octanol–water partition coefficient (Wildman–Crippen LogP) is 2.60. The van der Waals surface area contributed by atoms with E-state index in [1.165, 1.54) is 5.56 Å². The van der Waals surface area contributed by atoms with Crippen LogP contribution in [-0.4, -0.2) is 32.7 Å². The molecule has 23 heavy (non-hydrogen) atoms. The van der Waals surface area contributed by atoms with Crippen molar-refractivity contribution in [1.29, 1.82) is 0 Å². The van der Waals surface area contributed by atoms with Crippen LogP contribution in [0.4, 0.5) is 0 Å². The second-order valence-electron chi connectivity index (χ2n) is 6.84. The van der Waals surface area contributed by atoms with E-state index in [1.54, 1.807) is 0 Å². The molecule has 0 unspecified atom stereocenters. The van der Waals surface area contributed by atoms with E-state index in [-0.39, 0.29) is 5.91 Å². The summed E-state index contributed by atoms with van der Waals surface area (Å²) in [6.45, 7) is 5.56. The molecule has 0 spiro atoms. The van der Waals surface area contributed by atoms with Gasteiger partial charge in [-0.3, -0.25) is 9.89 Å². The van der Waals surface area contributed by atoms with Gasteiger partial charge in [-0.05, 0) is 31.6 Å². The Balaban J connectivity index is 1.60. The Bertz CT molecular complexity index is 744. The number of H-pyrrole nitrogens is 1. The van der Waals surface area contributed by atoms with Crippen molar-refractivity contribution >= 4 is 5.91 Å². The highest BCUT2D eigenvalue weighted by molar-refractivity contribution is 5.93. The Morgan fingerprint density at radius 1 is 1.22 bits per heavy atom. The molecule has 1 N–H and O–H groups in total. The fraction of sp³-hybridized carbons (Fsp3) is 0.588. The molecule has 4 rings (SSSR count). The largest absolute Gasteiger partial charge is 0.350 e. The van der Waals surface area contributed by atoms with Gasteiger partial charge in [0.1, 0.15) is 0 Å². The zero-order valence-electron chi connectivity index (χ0n) is 13.7. The van der Waals surface area contributed by atoms with Gasteiger partial charge in [-0.1, -0.05) is 19.0 Å². The minimum absolute atomic E-state index is 0.0257. The molecule has 0 saturated heterocycles. The molecule has 2 aromatic rings. The lowest BCUT2D eigenvalue weighted by Gasteiger charge is -2.27. The first kappa shape index (κ1) is 14.5.